The van der Waals surface area contributed by atoms with E-state index in [2.05, 4.69) is 33.5 Å². The Morgan fingerprint density at radius 1 is 1.32 bits per heavy atom. The summed E-state index contributed by atoms with van der Waals surface area (Å²) in [4.78, 5) is 6.96. The third-order valence-corrected chi connectivity index (χ3v) is 4.66. The van der Waals surface area contributed by atoms with E-state index < -0.39 is 0 Å². The van der Waals surface area contributed by atoms with Crippen molar-refractivity contribution < 1.29 is 0 Å². The number of nitrogens with zero attached hydrogens (tertiary/aromatic N) is 3. The summed E-state index contributed by atoms with van der Waals surface area (Å²) < 4.78 is 4.28. The van der Waals surface area contributed by atoms with Crippen LogP contribution in [-0.2, 0) is 6.42 Å². The molecule has 0 radical (unpaired) electrons. The average Bonchev–Trinajstić information content (AvgIpc) is 2.92. The predicted molar refractivity (Wildman–Crippen MR) is 81.9 cm³/mol. The quantitative estimate of drug-likeness (QED) is 0.780. The molecule has 0 bridgehead atoms. The smallest absolute Gasteiger partial charge is 0.202 e. The van der Waals surface area contributed by atoms with Crippen molar-refractivity contribution in [2.45, 2.75) is 57.9 Å². The molecule has 1 aliphatic rings. The summed E-state index contributed by atoms with van der Waals surface area (Å²) >= 11 is 1.48. The highest BCUT2D eigenvalue weighted by atomic mass is 32.1. The van der Waals surface area contributed by atoms with Crippen molar-refractivity contribution in [3.63, 3.8) is 0 Å². The van der Waals surface area contributed by atoms with E-state index in [0.717, 1.165) is 30.0 Å². The molecule has 4 nitrogen and oxygen atoms in total. The topological polar surface area (TPSA) is 41.1 Å². The maximum Gasteiger partial charge on any atom is 0.202 e. The first-order chi connectivity index (χ1) is 9.29. The van der Waals surface area contributed by atoms with Crippen LogP contribution in [0, 0.1) is 0 Å². The molecule has 0 amide bonds. The number of anilines is 1. The first kappa shape index (κ1) is 14.7. The summed E-state index contributed by atoms with van der Waals surface area (Å²) in [6.45, 7) is 4.26. The molecular formula is C14H26N4S. The Hall–Kier alpha value is -0.680. The fraction of sp³-hybridized carbons (Fsp3) is 0.857. The van der Waals surface area contributed by atoms with Gasteiger partial charge in [0.1, 0.15) is 5.82 Å². The van der Waals surface area contributed by atoms with E-state index in [0.29, 0.717) is 0 Å². The van der Waals surface area contributed by atoms with Gasteiger partial charge < -0.3 is 10.2 Å². The molecule has 1 fully saturated rings. The van der Waals surface area contributed by atoms with E-state index in [1.165, 1.54) is 56.6 Å². The van der Waals surface area contributed by atoms with Crippen LogP contribution in [0.4, 0.5) is 5.13 Å². The average molecular weight is 282 g/mol. The highest BCUT2D eigenvalue weighted by Gasteiger charge is 2.17. The number of hydrogen-bond acceptors (Lipinski definition) is 5. The Bertz CT molecular complexity index is 360. The van der Waals surface area contributed by atoms with E-state index >= 15 is 0 Å². The molecule has 1 N–H and O–H groups in total. The number of aryl methyl sites for hydroxylation is 1. The Labute approximate surface area is 120 Å². The largest absolute Gasteiger partial charge is 0.360 e. The summed E-state index contributed by atoms with van der Waals surface area (Å²) in [5, 5.41) is 4.35. The minimum absolute atomic E-state index is 0.821. The van der Waals surface area contributed by atoms with Gasteiger partial charge in [-0.15, -0.1) is 0 Å². The van der Waals surface area contributed by atoms with E-state index in [1.807, 2.05) is 0 Å². The van der Waals surface area contributed by atoms with Crippen LogP contribution in [0.3, 0.4) is 0 Å². The van der Waals surface area contributed by atoms with Gasteiger partial charge >= 0.3 is 0 Å². The minimum atomic E-state index is 0.821. The van der Waals surface area contributed by atoms with E-state index in [4.69, 9.17) is 0 Å². The number of nitrogens with one attached hydrogen (secondary N) is 1. The van der Waals surface area contributed by atoms with Crippen LogP contribution in [0.2, 0.25) is 0 Å². The Morgan fingerprint density at radius 2 is 2.11 bits per heavy atom. The summed E-state index contributed by atoms with van der Waals surface area (Å²) in [5.74, 6) is 0.951. The highest BCUT2D eigenvalue weighted by Crippen LogP contribution is 2.21. The van der Waals surface area contributed by atoms with Crippen molar-refractivity contribution >= 4 is 16.7 Å². The monoisotopic (exact) mass is 282 g/mol. The SMILES string of the molecule is CCc1nsc(NCCCN(C)C2CCCCC2)n1. The minimum Gasteiger partial charge on any atom is -0.360 e. The summed E-state index contributed by atoms with van der Waals surface area (Å²) in [6.07, 6.45) is 9.13. The zero-order valence-corrected chi connectivity index (χ0v) is 13.0. The fourth-order valence-electron chi connectivity index (χ4n) is 2.70. The van der Waals surface area contributed by atoms with Gasteiger partial charge in [0.2, 0.25) is 5.13 Å². The van der Waals surface area contributed by atoms with Crippen LogP contribution >= 0.6 is 11.5 Å². The van der Waals surface area contributed by atoms with E-state index in [1.54, 1.807) is 0 Å². The molecule has 0 spiro atoms. The Balaban J connectivity index is 1.60. The summed E-state index contributed by atoms with van der Waals surface area (Å²) in [6, 6.07) is 0.821. The standard InChI is InChI=1S/C14H26N4S/c1-3-13-16-14(19-17-13)15-10-7-11-18(2)12-8-5-4-6-9-12/h12H,3-11H2,1-2H3,(H,15,16,17). The lowest BCUT2D eigenvalue weighted by Gasteiger charge is -2.31. The van der Waals surface area contributed by atoms with Gasteiger partial charge in [0.25, 0.3) is 0 Å². The van der Waals surface area contributed by atoms with Gasteiger partial charge in [-0.3, -0.25) is 0 Å². The van der Waals surface area contributed by atoms with Crippen molar-refractivity contribution in [3.05, 3.63) is 5.82 Å². The van der Waals surface area contributed by atoms with Crippen LogP contribution < -0.4 is 5.32 Å². The first-order valence-electron chi connectivity index (χ1n) is 7.56. The van der Waals surface area contributed by atoms with Gasteiger partial charge in [-0.25, -0.2) is 4.98 Å². The highest BCUT2D eigenvalue weighted by molar-refractivity contribution is 7.09. The van der Waals surface area contributed by atoms with Crippen LogP contribution in [0.1, 0.15) is 51.3 Å². The maximum atomic E-state index is 4.42. The molecule has 1 aromatic rings. The molecule has 5 heteroatoms. The zero-order valence-electron chi connectivity index (χ0n) is 12.2. The van der Waals surface area contributed by atoms with Gasteiger partial charge in [-0.2, -0.15) is 4.37 Å². The second kappa shape index (κ2) is 7.80. The van der Waals surface area contributed by atoms with Crippen molar-refractivity contribution in [3.8, 4) is 0 Å². The fourth-order valence-corrected chi connectivity index (χ4v) is 3.37. The van der Waals surface area contributed by atoms with Crippen molar-refractivity contribution in [1.29, 1.82) is 0 Å². The molecule has 0 aromatic carbocycles. The number of aromatic nitrogens is 2. The predicted octanol–water partition coefficient (Wildman–Crippen LogP) is 3.17. The summed E-state index contributed by atoms with van der Waals surface area (Å²) in [7, 11) is 2.27. The van der Waals surface area contributed by atoms with Gasteiger partial charge in [-0.1, -0.05) is 26.2 Å². The lowest BCUT2D eigenvalue weighted by Crippen LogP contribution is -2.34. The third-order valence-electron chi connectivity index (χ3n) is 3.95. The molecule has 1 saturated carbocycles. The number of rotatable bonds is 7. The molecule has 108 valence electrons. The normalized spacial score (nSPS) is 17.0. The first-order valence-corrected chi connectivity index (χ1v) is 8.33. The second-order valence-corrected chi connectivity index (χ2v) is 6.17. The lowest BCUT2D eigenvalue weighted by atomic mass is 9.94. The molecule has 1 aliphatic carbocycles. The summed E-state index contributed by atoms with van der Waals surface area (Å²) in [5.41, 5.74) is 0. The molecule has 0 atom stereocenters. The maximum absolute atomic E-state index is 4.42. The molecule has 2 rings (SSSR count). The van der Waals surface area contributed by atoms with Crippen molar-refractivity contribution in [1.82, 2.24) is 14.3 Å². The van der Waals surface area contributed by atoms with Crippen LogP contribution in [0.25, 0.3) is 0 Å². The van der Waals surface area contributed by atoms with Crippen LogP contribution in [-0.4, -0.2) is 40.4 Å². The molecule has 0 unspecified atom stereocenters. The Kier molecular flexibility index (Phi) is 6.04. The number of hydrogen-bond donors (Lipinski definition) is 1. The molecule has 1 aromatic heterocycles. The molecule has 0 saturated heterocycles. The third kappa shape index (κ3) is 4.73. The van der Waals surface area contributed by atoms with Crippen molar-refractivity contribution in [2.24, 2.45) is 0 Å². The Morgan fingerprint density at radius 3 is 2.79 bits per heavy atom. The van der Waals surface area contributed by atoms with Crippen LogP contribution in [0.15, 0.2) is 0 Å². The van der Waals surface area contributed by atoms with Gasteiger partial charge in [-0.05, 0) is 32.9 Å². The molecular weight excluding hydrogens is 256 g/mol. The molecule has 19 heavy (non-hydrogen) atoms. The van der Waals surface area contributed by atoms with Gasteiger partial charge in [0.05, 0.1) is 0 Å². The van der Waals surface area contributed by atoms with E-state index in [-0.39, 0.29) is 0 Å². The molecule has 0 aliphatic heterocycles. The second-order valence-electron chi connectivity index (χ2n) is 5.42. The zero-order chi connectivity index (χ0) is 13.5. The molecule has 1 heterocycles. The van der Waals surface area contributed by atoms with Crippen LogP contribution in [0.5, 0.6) is 0 Å². The van der Waals surface area contributed by atoms with E-state index in [9.17, 15) is 0 Å². The van der Waals surface area contributed by atoms with Gasteiger partial charge in [0.15, 0.2) is 0 Å². The van der Waals surface area contributed by atoms with Gasteiger partial charge in [0, 0.05) is 30.5 Å². The van der Waals surface area contributed by atoms with Crippen molar-refractivity contribution in [2.75, 3.05) is 25.5 Å². The lowest BCUT2D eigenvalue weighted by molar-refractivity contribution is 0.191.